The van der Waals surface area contributed by atoms with E-state index in [0.29, 0.717) is 5.92 Å². The monoisotopic (exact) mass is 331 g/mol. The number of likely N-dealkylation sites (N-methyl/N-ethyl adjacent to an activating group) is 1. The van der Waals surface area contributed by atoms with Crippen molar-refractivity contribution in [2.24, 2.45) is 5.92 Å². The number of morpholine rings is 1. The largest absolute Gasteiger partial charge is 0.373 e. The van der Waals surface area contributed by atoms with E-state index in [1.165, 1.54) is 11.1 Å². The number of carbonyl (C=O) groups excluding carboxylic acids is 1. The molecule has 0 spiro atoms. The minimum Gasteiger partial charge on any atom is -0.373 e. The van der Waals surface area contributed by atoms with Gasteiger partial charge in [-0.1, -0.05) is 24.3 Å². The van der Waals surface area contributed by atoms with Crippen LogP contribution in [-0.4, -0.2) is 56.4 Å². The van der Waals surface area contributed by atoms with E-state index in [1.807, 2.05) is 6.92 Å². The first-order chi connectivity index (χ1) is 11.6. The van der Waals surface area contributed by atoms with Gasteiger partial charge in [0, 0.05) is 19.6 Å². The fraction of sp³-hybridized carbons (Fsp3) is 0.632. The lowest BCUT2D eigenvalue weighted by atomic mass is 10.0. The van der Waals surface area contributed by atoms with E-state index in [0.717, 1.165) is 45.5 Å². The van der Waals surface area contributed by atoms with Gasteiger partial charge in [-0.15, -0.1) is 0 Å². The molecule has 0 bridgehead atoms. The number of ether oxygens (including phenoxy) is 1. The molecule has 1 aromatic rings. The third-order valence-electron chi connectivity index (χ3n) is 5.19. The van der Waals surface area contributed by atoms with Crippen LogP contribution in [0.3, 0.4) is 0 Å². The Bertz CT molecular complexity index is 538. The van der Waals surface area contributed by atoms with Crippen LogP contribution in [0.25, 0.3) is 0 Å². The van der Waals surface area contributed by atoms with Gasteiger partial charge in [0.05, 0.1) is 18.8 Å². The molecule has 2 amide bonds. The number of nitrogens with zero attached hydrogens (tertiary/aromatic N) is 1. The molecule has 5 nitrogen and oxygen atoms in total. The summed E-state index contributed by atoms with van der Waals surface area (Å²) < 4.78 is 5.75. The molecule has 1 saturated heterocycles. The van der Waals surface area contributed by atoms with Crippen LogP contribution in [0.4, 0.5) is 4.79 Å². The number of benzene rings is 1. The lowest BCUT2D eigenvalue weighted by molar-refractivity contribution is -0.0333. The zero-order valence-corrected chi connectivity index (χ0v) is 14.8. The number of fused-ring (bicyclic) bond motifs is 1. The second kappa shape index (κ2) is 7.99. The van der Waals surface area contributed by atoms with Crippen LogP contribution in [0, 0.1) is 5.92 Å². The highest BCUT2D eigenvalue weighted by atomic mass is 16.5. The van der Waals surface area contributed by atoms with Crippen molar-refractivity contribution in [3.63, 3.8) is 0 Å². The van der Waals surface area contributed by atoms with Crippen molar-refractivity contribution in [2.75, 3.05) is 33.3 Å². The van der Waals surface area contributed by atoms with Crippen LogP contribution < -0.4 is 10.6 Å². The highest BCUT2D eigenvalue weighted by Gasteiger charge is 2.25. The molecule has 3 rings (SSSR count). The summed E-state index contributed by atoms with van der Waals surface area (Å²) in [6, 6.07) is 8.59. The maximum absolute atomic E-state index is 12.1. The third kappa shape index (κ3) is 4.48. The van der Waals surface area contributed by atoms with E-state index < -0.39 is 0 Å². The Morgan fingerprint density at radius 2 is 2.04 bits per heavy atom. The highest BCUT2D eigenvalue weighted by Crippen LogP contribution is 2.28. The van der Waals surface area contributed by atoms with Crippen molar-refractivity contribution in [3.8, 4) is 0 Å². The molecule has 0 radical (unpaired) electrons. The van der Waals surface area contributed by atoms with Crippen molar-refractivity contribution in [3.05, 3.63) is 35.4 Å². The number of urea groups is 1. The van der Waals surface area contributed by atoms with E-state index in [9.17, 15) is 4.79 Å². The lowest BCUT2D eigenvalue weighted by Gasteiger charge is -2.33. The van der Waals surface area contributed by atoms with Gasteiger partial charge >= 0.3 is 6.03 Å². The van der Waals surface area contributed by atoms with E-state index >= 15 is 0 Å². The summed E-state index contributed by atoms with van der Waals surface area (Å²) in [4.78, 5) is 14.3. The summed E-state index contributed by atoms with van der Waals surface area (Å²) >= 11 is 0. The Hall–Kier alpha value is -1.59. The average Bonchev–Trinajstić information content (AvgIpc) is 2.97. The Morgan fingerprint density at radius 1 is 1.33 bits per heavy atom. The molecule has 1 aliphatic carbocycles. The number of nitrogens with one attached hydrogen (secondary N) is 2. The Kier molecular flexibility index (Phi) is 5.74. The first kappa shape index (κ1) is 17.2. The van der Waals surface area contributed by atoms with Gasteiger partial charge < -0.3 is 20.3 Å². The smallest absolute Gasteiger partial charge is 0.315 e. The van der Waals surface area contributed by atoms with Gasteiger partial charge in [0.25, 0.3) is 0 Å². The van der Waals surface area contributed by atoms with Crippen LogP contribution in [0.15, 0.2) is 24.3 Å². The number of hydrogen-bond donors (Lipinski definition) is 2. The second-order valence-corrected chi connectivity index (χ2v) is 7.19. The van der Waals surface area contributed by atoms with Crippen LogP contribution >= 0.6 is 0 Å². The molecule has 1 aliphatic heterocycles. The number of amides is 2. The fourth-order valence-electron chi connectivity index (χ4n) is 3.71. The zero-order chi connectivity index (χ0) is 16.9. The molecule has 0 aromatic heterocycles. The number of hydrogen-bond acceptors (Lipinski definition) is 3. The average molecular weight is 331 g/mol. The summed E-state index contributed by atoms with van der Waals surface area (Å²) in [5.41, 5.74) is 2.94. The maximum Gasteiger partial charge on any atom is 0.315 e. The van der Waals surface area contributed by atoms with Crippen molar-refractivity contribution in [1.29, 1.82) is 0 Å². The van der Waals surface area contributed by atoms with E-state index in [2.05, 4.69) is 46.8 Å². The van der Waals surface area contributed by atoms with Crippen LogP contribution in [0.1, 0.15) is 24.5 Å². The van der Waals surface area contributed by atoms with Crippen LogP contribution in [0.5, 0.6) is 0 Å². The third-order valence-corrected chi connectivity index (χ3v) is 5.19. The second-order valence-electron chi connectivity index (χ2n) is 7.19. The Balaban J connectivity index is 1.34. The first-order valence-corrected chi connectivity index (χ1v) is 9.03. The molecule has 2 aliphatic rings. The normalized spacial score (nSPS) is 22.8. The van der Waals surface area contributed by atoms with E-state index in [-0.39, 0.29) is 18.2 Å². The lowest BCUT2D eigenvalue weighted by Crippen LogP contribution is -2.53. The van der Waals surface area contributed by atoms with E-state index in [1.54, 1.807) is 0 Å². The number of carbonyl (C=O) groups is 1. The number of rotatable bonds is 5. The minimum atomic E-state index is -0.0881. The predicted octanol–water partition coefficient (Wildman–Crippen LogP) is 1.81. The molecular weight excluding hydrogens is 302 g/mol. The van der Waals surface area contributed by atoms with Gasteiger partial charge in [0.15, 0.2) is 0 Å². The molecule has 1 heterocycles. The minimum absolute atomic E-state index is 0.0171. The Morgan fingerprint density at radius 3 is 2.71 bits per heavy atom. The molecule has 2 atom stereocenters. The predicted molar refractivity (Wildman–Crippen MR) is 95.2 cm³/mol. The summed E-state index contributed by atoms with van der Waals surface area (Å²) in [7, 11) is 2.09. The summed E-state index contributed by atoms with van der Waals surface area (Å²) in [5, 5.41) is 6.01. The molecule has 2 N–H and O–H groups in total. The molecule has 132 valence electrons. The molecular formula is C19H29N3O2. The van der Waals surface area contributed by atoms with Crippen molar-refractivity contribution in [2.45, 2.75) is 38.3 Å². The summed E-state index contributed by atoms with van der Waals surface area (Å²) in [6.45, 7) is 5.29. The van der Waals surface area contributed by atoms with Crippen molar-refractivity contribution >= 4 is 6.03 Å². The Labute approximate surface area is 144 Å². The zero-order valence-electron chi connectivity index (χ0n) is 14.8. The fourth-order valence-corrected chi connectivity index (χ4v) is 3.71. The van der Waals surface area contributed by atoms with Crippen LogP contribution in [0.2, 0.25) is 0 Å². The standard InChI is InChI=1S/C19H29N3O2/c1-14(18-13-22(2)9-10-24-18)21-19(23)20-8-7-15-11-16-5-3-4-6-17(16)12-15/h3-6,14-15,18H,7-13H2,1-2H3,(H2,20,21,23)/t14-,18-/m1/s1. The quantitative estimate of drug-likeness (QED) is 0.865. The topological polar surface area (TPSA) is 53.6 Å². The van der Waals surface area contributed by atoms with Crippen LogP contribution in [-0.2, 0) is 17.6 Å². The first-order valence-electron chi connectivity index (χ1n) is 9.03. The molecule has 1 aromatic carbocycles. The van der Waals surface area contributed by atoms with Gasteiger partial charge in [0.1, 0.15) is 0 Å². The molecule has 5 heteroatoms. The van der Waals surface area contributed by atoms with Crippen molar-refractivity contribution in [1.82, 2.24) is 15.5 Å². The molecule has 0 saturated carbocycles. The molecule has 1 fully saturated rings. The molecule has 24 heavy (non-hydrogen) atoms. The summed E-state index contributed by atoms with van der Waals surface area (Å²) in [6.07, 6.45) is 3.37. The van der Waals surface area contributed by atoms with E-state index in [4.69, 9.17) is 4.74 Å². The molecule has 0 unspecified atom stereocenters. The summed E-state index contributed by atoms with van der Waals surface area (Å²) in [5.74, 6) is 0.649. The highest BCUT2D eigenvalue weighted by molar-refractivity contribution is 5.74. The van der Waals surface area contributed by atoms with Gasteiger partial charge in [-0.25, -0.2) is 4.79 Å². The van der Waals surface area contributed by atoms with Crippen molar-refractivity contribution < 1.29 is 9.53 Å². The van der Waals surface area contributed by atoms with Gasteiger partial charge in [-0.3, -0.25) is 0 Å². The SMILES string of the molecule is C[C@@H](NC(=O)NCCC1Cc2ccccc2C1)[C@H]1CN(C)CCO1. The van der Waals surface area contributed by atoms with Gasteiger partial charge in [-0.05, 0) is 50.3 Å². The van der Waals surface area contributed by atoms with Gasteiger partial charge in [-0.2, -0.15) is 0 Å². The maximum atomic E-state index is 12.1. The van der Waals surface area contributed by atoms with Gasteiger partial charge in [0.2, 0.25) is 0 Å².